The Labute approximate surface area is 139 Å². The summed E-state index contributed by atoms with van der Waals surface area (Å²) in [4.78, 5) is 24.7. The van der Waals surface area contributed by atoms with Gasteiger partial charge in [0.15, 0.2) is 0 Å². The molecule has 1 fully saturated rings. The fourth-order valence-corrected chi connectivity index (χ4v) is 2.30. The van der Waals surface area contributed by atoms with Crippen LogP contribution in [0, 0.1) is 12.7 Å². The number of aryl methyl sites for hydroxylation is 1. The van der Waals surface area contributed by atoms with E-state index < -0.39 is 17.9 Å². The second-order valence-electron chi connectivity index (χ2n) is 5.94. The molecular formula is C19H18FNO3. The van der Waals surface area contributed by atoms with E-state index in [1.807, 2.05) is 6.07 Å². The van der Waals surface area contributed by atoms with Gasteiger partial charge in [0, 0.05) is 11.6 Å². The van der Waals surface area contributed by atoms with E-state index in [2.05, 4.69) is 5.32 Å². The number of hydrogen-bond donors (Lipinski definition) is 1. The van der Waals surface area contributed by atoms with E-state index in [0.29, 0.717) is 11.1 Å². The van der Waals surface area contributed by atoms with Crippen LogP contribution in [0.2, 0.25) is 0 Å². The van der Waals surface area contributed by atoms with Gasteiger partial charge in [-0.05, 0) is 37.5 Å². The third-order valence-corrected chi connectivity index (χ3v) is 3.90. The Morgan fingerprint density at radius 1 is 1.17 bits per heavy atom. The van der Waals surface area contributed by atoms with Gasteiger partial charge in [-0.3, -0.25) is 4.79 Å². The van der Waals surface area contributed by atoms with Crippen LogP contribution in [0.3, 0.4) is 0 Å². The number of carbonyl (C=O) groups is 2. The number of hydrogen-bond acceptors (Lipinski definition) is 3. The van der Waals surface area contributed by atoms with Gasteiger partial charge in [0.1, 0.15) is 5.82 Å². The first-order valence-corrected chi connectivity index (χ1v) is 7.87. The van der Waals surface area contributed by atoms with Gasteiger partial charge in [0.05, 0.1) is 5.56 Å². The molecule has 5 heteroatoms. The lowest BCUT2D eigenvalue weighted by molar-refractivity contribution is -0.130. The average molecular weight is 327 g/mol. The molecule has 24 heavy (non-hydrogen) atoms. The molecule has 0 radical (unpaired) electrons. The highest BCUT2D eigenvalue weighted by molar-refractivity contribution is 5.92. The van der Waals surface area contributed by atoms with Crippen LogP contribution in [0.1, 0.15) is 40.4 Å². The number of ether oxygens (including phenoxy) is 1. The molecular weight excluding hydrogens is 309 g/mol. The van der Waals surface area contributed by atoms with Crippen molar-refractivity contribution in [1.29, 1.82) is 0 Å². The van der Waals surface area contributed by atoms with Crippen LogP contribution in [-0.4, -0.2) is 17.9 Å². The molecule has 2 aromatic carbocycles. The molecule has 0 aliphatic heterocycles. The first-order valence-electron chi connectivity index (χ1n) is 7.87. The molecule has 1 N–H and O–H groups in total. The first kappa shape index (κ1) is 16.2. The van der Waals surface area contributed by atoms with E-state index in [1.165, 1.54) is 12.1 Å². The van der Waals surface area contributed by atoms with Gasteiger partial charge in [-0.2, -0.15) is 0 Å². The second kappa shape index (κ2) is 6.83. The molecule has 0 aromatic heterocycles. The summed E-state index contributed by atoms with van der Waals surface area (Å²) in [6.45, 7) is 1.61. The van der Waals surface area contributed by atoms with Crippen LogP contribution >= 0.6 is 0 Å². The summed E-state index contributed by atoms with van der Waals surface area (Å²) in [5.74, 6) is -1.57. The number of halogens is 1. The normalized spacial score (nSPS) is 14.8. The highest BCUT2D eigenvalue weighted by atomic mass is 19.1. The average Bonchev–Trinajstić information content (AvgIpc) is 3.39. The van der Waals surface area contributed by atoms with E-state index in [1.54, 1.807) is 31.2 Å². The molecule has 0 saturated heterocycles. The van der Waals surface area contributed by atoms with Crippen LogP contribution in [0.15, 0.2) is 48.5 Å². The molecule has 2 aromatic rings. The van der Waals surface area contributed by atoms with Crippen LogP contribution in [-0.2, 0) is 9.53 Å². The predicted octanol–water partition coefficient (Wildman–Crippen LogP) is 3.31. The van der Waals surface area contributed by atoms with Crippen molar-refractivity contribution in [2.24, 2.45) is 0 Å². The standard InChI is InChI=1S/C19H18FNO3/c1-12-7-8-14(11-16(12)20)19(23)24-17(13-5-3-2-4-6-13)18(22)21-15-9-10-15/h2-8,11,15,17H,9-10H2,1H3,(H,21,22)/t17-/m1/s1. The molecule has 1 aliphatic rings. The van der Waals surface area contributed by atoms with Crippen molar-refractivity contribution in [3.05, 3.63) is 71.0 Å². The second-order valence-corrected chi connectivity index (χ2v) is 5.94. The molecule has 1 amide bonds. The maximum absolute atomic E-state index is 13.7. The Morgan fingerprint density at radius 2 is 1.88 bits per heavy atom. The zero-order valence-electron chi connectivity index (χ0n) is 13.3. The van der Waals surface area contributed by atoms with Crippen LogP contribution in [0.5, 0.6) is 0 Å². The van der Waals surface area contributed by atoms with Crippen molar-refractivity contribution in [3.63, 3.8) is 0 Å². The molecule has 0 unspecified atom stereocenters. The smallest absolute Gasteiger partial charge is 0.339 e. The van der Waals surface area contributed by atoms with Gasteiger partial charge in [-0.15, -0.1) is 0 Å². The van der Waals surface area contributed by atoms with Gasteiger partial charge < -0.3 is 10.1 Å². The summed E-state index contributed by atoms with van der Waals surface area (Å²) in [6, 6.07) is 13.1. The Balaban J connectivity index is 1.81. The number of nitrogens with one attached hydrogen (secondary N) is 1. The quantitative estimate of drug-likeness (QED) is 0.857. The lowest BCUT2D eigenvalue weighted by atomic mass is 10.1. The van der Waals surface area contributed by atoms with E-state index in [4.69, 9.17) is 4.74 Å². The summed E-state index contributed by atoms with van der Waals surface area (Å²) in [5.41, 5.74) is 1.10. The molecule has 0 bridgehead atoms. The Morgan fingerprint density at radius 3 is 2.50 bits per heavy atom. The summed E-state index contributed by atoms with van der Waals surface area (Å²) in [5, 5.41) is 2.84. The molecule has 0 spiro atoms. The van der Waals surface area contributed by atoms with Crippen LogP contribution in [0.25, 0.3) is 0 Å². The monoisotopic (exact) mass is 327 g/mol. The molecule has 1 aliphatic carbocycles. The Hall–Kier alpha value is -2.69. The lowest BCUT2D eigenvalue weighted by Crippen LogP contribution is -2.33. The summed E-state index contributed by atoms with van der Waals surface area (Å²) in [6.07, 6.45) is 0.818. The molecule has 1 saturated carbocycles. The third kappa shape index (κ3) is 3.79. The zero-order valence-corrected chi connectivity index (χ0v) is 13.3. The minimum Gasteiger partial charge on any atom is -0.444 e. The Kier molecular flexibility index (Phi) is 4.60. The molecule has 4 nitrogen and oxygen atoms in total. The van der Waals surface area contributed by atoms with Gasteiger partial charge in [0.25, 0.3) is 5.91 Å². The SMILES string of the molecule is Cc1ccc(C(=O)O[C@@H](C(=O)NC2CC2)c2ccccc2)cc1F. The van der Waals surface area contributed by atoms with Gasteiger partial charge in [-0.25, -0.2) is 9.18 Å². The molecule has 3 rings (SSSR count). The summed E-state index contributed by atoms with van der Waals surface area (Å²) < 4.78 is 19.0. The van der Waals surface area contributed by atoms with E-state index in [9.17, 15) is 14.0 Å². The number of amides is 1. The maximum atomic E-state index is 13.7. The van der Waals surface area contributed by atoms with Gasteiger partial charge in [-0.1, -0.05) is 36.4 Å². The van der Waals surface area contributed by atoms with Gasteiger partial charge >= 0.3 is 5.97 Å². The fraction of sp³-hybridized carbons (Fsp3) is 0.263. The topological polar surface area (TPSA) is 55.4 Å². The highest BCUT2D eigenvalue weighted by Crippen LogP contribution is 2.24. The van der Waals surface area contributed by atoms with Crippen LogP contribution in [0.4, 0.5) is 4.39 Å². The van der Waals surface area contributed by atoms with E-state index in [-0.39, 0.29) is 17.5 Å². The largest absolute Gasteiger partial charge is 0.444 e. The van der Waals surface area contributed by atoms with Crippen molar-refractivity contribution in [2.45, 2.75) is 31.9 Å². The Bertz CT molecular complexity index is 756. The maximum Gasteiger partial charge on any atom is 0.339 e. The third-order valence-electron chi connectivity index (χ3n) is 3.90. The van der Waals surface area contributed by atoms with E-state index >= 15 is 0 Å². The highest BCUT2D eigenvalue weighted by Gasteiger charge is 2.31. The minimum absolute atomic E-state index is 0.0817. The first-order chi connectivity index (χ1) is 11.5. The molecule has 124 valence electrons. The number of carbonyl (C=O) groups excluding carboxylic acids is 2. The molecule has 1 atom stereocenters. The van der Waals surface area contributed by atoms with Crippen molar-refractivity contribution >= 4 is 11.9 Å². The minimum atomic E-state index is -1.05. The van der Waals surface area contributed by atoms with Crippen molar-refractivity contribution < 1.29 is 18.7 Å². The van der Waals surface area contributed by atoms with Crippen molar-refractivity contribution in [2.75, 3.05) is 0 Å². The van der Waals surface area contributed by atoms with Crippen molar-refractivity contribution in [1.82, 2.24) is 5.32 Å². The number of rotatable bonds is 5. The lowest BCUT2D eigenvalue weighted by Gasteiger charge is -2.18. The summed E-state index contributed by atoms with van der Waals surface area (Å²) >= 11 is 0. The molecule has 0 heterocycles. The zero-order chi connectivity index (χ0) is 17.1. The summed E-state index contributed by atoms with van der Waals surface area (Å²) in [7, 11) is 0. The van der Waals surface area contributed by atoms with Gasteiger partial charge in [0.2, 0.25) is 6.10 Å². The number of esters is 1. The van der Waals surface area contributed by atoms with E-state index in [0.717, 1.165) is 18.9 Å². The number of benzene rings is 2. The predicted molar refractivity (Wildman–Crippen MR) is 86.9 cm³/mol. The van der Waals surface area contributed by atoms with Crippen molar-refractivity contribution in [3.8, 4) is 0 Å². The van der Waals surface area contributed by atoms with Crippen LogP contribution < -0.4 is 5.32 Å². The fourth-order valence-electron chi connectivity index (χ4n) is 2.30.